The van der Waals surface area contributed by atoms with Crippen molar-refractivity contribution in [2.45, 2.75) is 33.6 Å². The van der Waals surface area contributed by atoms with E-state index in [2.05, 4.69) is 104 Å². The van der Waals surface area contributed by atoms with E-state index in [-0.39, 0.29) is 0 Å². The van der Waals surface area contributed by atoms with Crippen molar-refractivity contribution in [1.29, 1.82) is 0 Å². The van der Waals surface area contributed by atoms with Crippen LogP contribution in [0.4, 0.5) is 0 Å². The van der Waals surface area contributed by atoms with Crippen LogP contribution in [0.5, 0.6) is 17.2 Å². The zero-order valence-corrected chi connectivity index (χ0v) is 25.6. The van der Waals surface area contributed by atoms with Crippen LogP contribution >= 0.6 is 0 Å². The number of methoxy groups -OCH3 is 1. The fourth-order valence-corrected chi connectivity index (χ4v) is 6.09. The average Bonchev–Trinajstić information content (AvgIpc) is 3.64. The first-order chi connectivity index (χ1) is 21.4. The molecule has 0 saturated carbocycles. The SMILES string of the molecule is COc1cc(C)c(-c2cnn(-c3cccc(Oc4ccc5c6ccccc6n(-c6cc(C(C)C)ccn6)c5c4)c3)c2)c(C)c1. The van der Waals surface area contributed by atoms with Crippen molar-refractivity contribution in [2.75, 3.05) is 7.11 Å². The minimum absolute atomic E-state index is 0.408. The predicted molar refractivity (Wildman–Crippen MR) is 178 cm³/mol. The van der Waals surface area contributed by atoms with Gasteiger partial charge in [0.15, 0.2) is 0 Å². The van der Waals surface area contributed by atoms with Gasteiger partial charge in [0.2, 0.25) is 0 Å². The van der Waals surface area contributed by atoms with Gasteiger partial charge in [-0.25, -0.2) is 9.67 Å². The lowest BCUT2D eigenvalue weighted by atomic mass is 9.98. The van der Waals surface area contributed by atoms with Crippen LogP contribution in [-0.2, 0) is 0 Å². The van der Waals surface area contributed by atoms with Gasteiger partial charge in [0, 0.05) is 40.9 Å². The van der Waals surface area contributed by atoms with Gasteiger partial charge in [-0.2, -0.15) is 5.10 Å². The van der Waals surface area contributed by atoms with Crippen LogP contribution in [0, 0.1) is 13.8 Å². The molecular formula is C38H34N4O2. The Hall–Kier alpha value is -5.36. The molecule has 0 fully saturated rings. The summed E-state index contributed by atoms with van der Waals surface area (Å²) in [7, 11) is 1.70. The molecule has 0 saturated heterocycles. The highest BCUT2D eigenvalue weighted by atomic mass is 16.5. The van der Waals surface area contributed by atoms with Gasteiger partial charge in [0.05, 0.1) is 30.0 Å². The molecule has 3 aromatic heterocycles. The lowest BCUT2D eigenvalue weighted by Crippen LogP contribution is -1.99. The predicted octanol–water partition coefficient (Wildman–Crippen LogP) is 9.57. The Morgan fingerprint density at radius 3 is 2.30 bits per heavy atom. The molecule has 0 bridgehead atoms. The van der Waals surface area contributed by atoms with E-state index in [0.29, 0.717) is 5.92 Å². The fraction of sp³-hybridized carbons (Fsp3) is 0.158. The molecule has 6 heteroatoms. The Labute approximate surface area is 257 Å². The lowest BCUT2D eigenvalue weighted by molar-refractivity contribution is 0.414. The number of nitrogens with zero attached hydrogens (tertiary/aromatic N) is 4. The molecule has 218 valence electrons. The average molecular weight is 579 g/mol. The number of aromatic nitrogens is 4. The molecule has 0 aliphatic rings. The maximum absolute atomic E-state index is 6.46. The molecule has 4 aromatic carbocycles. The van der Waals surface area contributed by atoms with Crippen LogP contribution in [0.2, 0.25) is 0 Å². The summed E-state index contributed by atoms with van der Waals surface area (Å²) in [5.74, 6) is 3.66. The second-order valence-corrected chi connectivity index (χ2v) is 11.5. The monoisotopic (exact) mass is 578 g/mol. The summed E-state index contributed by atoms with van der Waals surface area (Å²) in [4.78, 5) is 4.77. The zero-order chi connectivity index (χ0) is 30.4. The Morgan fingerprint density at radius 1 is 0.727 bits per heavy atom. The molecule has 0 aliphatic carbocycles. The highest BCUT2D eigenvalue weighted by Crippen LogP contribution is 2.36. The molecule has 0 unspecified atom stereocenters. The molecule has 0 atom stereocenters. The summed E-state index contributed by atoms with van der Waals surface area (Å²) in [6.45, 7) is 8.61. The minimum Gasteiger partial charge on any atom is -0.497 e. The number of pyridine rings is 1. The molecule has 7 aromatic rings. The van der Waals surface area contributed by atoms with Crippen molar-refractivity contribution in [2.24, 2.45) is 0 Å². The third-order valence-electron chi connectivity index (χ3n) is 8.24. The molecule has 0 spiro atoms. The van der Waals surface area contributed by atoms with Crippen LogP contribution in [0.15, 0.2) is 110 Å². The van der Waals surface area contributed by atoms with E-state index in [1.165, 1.54) is 16.5 Å². The van der Waals surface area contributed by atoms with E-state index in [9.17, 15) is 0 Å². The quantitative estimate of drug-likeness (QED) is 0.189. The summed E-state index contributed by atoms with van der Waals surface area (Å²) in [5, 5.41) is 7.03. The van der Waals surface area contributed by atoms with Crippen molar-refractivity contribution in [3.63, 3.8) is 0 Å². The number of benzene rings is 4. The molecule has 44 heavy (non-hydrogen) atoms. The number of aryl methyl sites for hydroxylation is 2. The van der Waals surface area contributed by atoms with Crippen molar-refractivity contribution in [3.05, 3.63) is 126 Å². The summed E-state index contributed by atoms with van der Waals surface area (Å²) >= 11 is 0. The maximum atomic E-state index is 6.46. The smallest absolute Gasteiger partial charge is 0.137 e. The number of fused-ring (bicyclic) bond motifs is 3. The molecule has 0 N–H and O–H groups in total. The number of para-hydroxylation sites is 1. The van der Waals surface area contributed by atoms with Gasteiger partial charge in [0.1, 0.15) is 23.1 Å². The summed E-state index contributed by atoms with van der Waals surface area (Å²) < 4.78 is 16.0. The Morgan fingerprint density at radius 2 is 1.50 bits per heavy atom. The van der Waals surface area contributed by atoms with E-state index in [4.69, 9.17) is 14.5 Å². The molecule has 6 nitrogen and oxygen atoms in total. The topological polar surface area (TPSA) is 54.1 Å². The molecule has 7 rings (SSSR count). The van der Waals surface area contributed by atoms with E-state index in [1.807, 2.05) is 47.4 Å². The van der Waals surface area contributed by atoms with Crippen molar-refractivity contribution in [3.8, 4) is 39.9 Å². The van der Waals surface area contributed by atoms with E-state index < -0.39 is 0 Å². The standard InChI is InChI=1S/C38H34N4O2/c1-24(2)27-15-16-39-37(19-27)42-35-12-7-6-11-33(35)34-14-13-31(21-36(34)42)44-30-10-8-9-29(20-30)41-23-28(22-40-41)38-25(3)17-32(43-5)18-26(38)4/h6-24H,1-5H3. The molecule has 3 heterocycles. The fourth-order valence-electron chi connectivity index (χ4n) is 6.09. The number of hydrogen-bond acceptors (Lipinski definition) is 4. The van der Waals surface area contributed by atoms with Gasteiger partial charge < -0.3 is 9.47 Å². The van der Waals surface area contributed by atoms with Crippen molar-refractivity contribution >= 4 is 21.8 Å². The van der Waals surface area contributed by atoms with Gasteiger partial charge in [-0.15, -0.1) is 0 Å². The Bertz CT molecular complexity index is 2130. The van der Waals surface area contributed by atoms with Gasteiger partial charge in [0.25, 0.3) is 0 Å². The van der Waals surface area contributed by atoms with Crippen LogP contribution in [0.25, 0.3) is 44.4 Å². The molecule has 0 amide bonds. The zero-order valence-electron chi connectivity index (χ0n) is 25.6. The van der Waals surface area contributed by atoms with Gasteiger partial charge in [-0.1, -0.05) is 38.1 Å². The minimum atomic E-state index is 0.408. The van der Waals surface area contributed by atoms with E-state index >= 15 is 0 Å². The number of rotatable bonds is 7. The van der Waals surface area contributed by atoms with Crippen LogP contribution < -0.4 is 9.47 Å². The lowest BCUT2D eigenvalue weighted by Gasteiger charge is -2.12. The second-order valence-electron chi connectivity index (χ2n) is 11.5. The highest BCUT2D eigenvalue weighted by molar-refractivity contribution is 6.09. The third kappa shape index (κ3) is 4.88. The number of ether oxygens (including phenoxy) is 2. The maximum Gasteiger partial charge on any atom is 0.137 e. The van der Waals surface area contributed by atoms with Gasteiger partial charge >= 0.3 is 0 Å². The third-order valence-corrected chi connectivity index (χ3v) is 8.24. The van der Waals surface area contributed by atoms with Crippen molar-refractivity contribution < 1.29 is 9.47 Å². The summed E-state index contributed by atoms with van der Waals surface area (Å²) in [5.41, 5.74) is 8.87. The second kappa shape index (κ2) is 11.0. The first kappa shape index (κ1) is 27.5. The Kier molecular flexibility index (Phi) is 6.90. The van der Waals surface area contributed by atoms with Gasteiger partial charge in [-0.05, 0) is 96.6 Å². The normalized spacial score (nSPS) is 11.5. The van der Waals surface area contributed by atoms with E-state index in [1.54, 1.807) is 7.11 Å². The van der Waals surface area contributed by atoms with Gasteiger partial charge in [-0.3, -0.25) is 4.57 Å². The van der Waals surface area contributed by atoms with Crippen LogP contribution in [-0.4, -0.2) is 26.4 Å². The summed E-state index contributed by atoms with van der Waals surface area (Å²) in [6.07, 6.45) is 5.86. The molecule has 0 aliphatic heterocycles. The molecular weight excluding hydrogens is 544 g/mol. The van der Waals surface area contributed by atoms with Crippen LogP contribution in [0.3, 0.4) is 0 Å². The van der Waals surface area contributed by atoms with E-state index in [0.717, 1.165) is 61.9 Å². The largest absolute Gasteiger partial charge is 0.497 e. The van der Waals surface area contributed by atoms with Crippen LogP contribution in [0.1, 0.15) is 36.5 Å². The highest BCUT2D eigenvalue weighted by Gasteiger charge is 2.16. The number of hydrogen-bond donors (Lipinski definition) is 0. The van der Waals surface area contributed by atoms with Crippen molar-refractivity contribution in [1.82, 2.24) is 19.3 Å². The first-order valence-electron chi connectivity index (χ1n) is 14.9. The summed E-state index contributed by atoms with van der Waals surface area (Å²) in [6, 6.07) is 31.1. The Balaban J connectivity index is 1.24. The first-order valence-corrected chi connectivity index (χ1v) is 14.9. The molecule has 0 radical (unpaired) electrons.